The molecule has 6 aromatic carbocycles. The van der Waals surface area contributed by atoms with E-state index in [9.17, 15) is 0 Å². The monoisotopic (exact) mass is 582 g/mol. The normalized spacial score (nSPS) is 11.4. The van der Waals surface area contributed by atoms with Crippen molar-refractivity contribution in [2.24, 2.45) is 0 Å². The van der Waals surface area contributed by atoms with Crippen molar-refractivity contribution in [3.05, 3.63) is 146 Å². The minimum atomic E-state index is 0.507. The van der Waals surface area contributed by atoms with Crippen LogP contribution in [-0.4, -0.2) is 14.2 Å². The second kappa shape index (κ2) is 13.2. The van der Waals surface area contributed by atoms with Crippen LogP contribution in [0, 0.1) is 0 Å². The molecule has 2 nitrogen and oxygen atoms in total. The Kier molecular flexibility index (Phi) is 8.76. The predicted molar refractivity (Wildman–Crippen MR) is 184 cm³/mol. The van der Waals surface area contributed by atoms with Crippen molar-refractivity contribution in [2.45, 2.75) is 0 Å². The van der Waals surface area contributed by atoms with Crippen LogP contribution in [-0.2, 0) is 0 Å². The van der Waals surface area contributed by atoms with Gasteiger partial charge < -0.3 is 9.47 Å². The zero-order chi connectivity index (χ0) is 28.7. The number of methoxy groups -OCH3 is 2. The number of rotatable bonds is 9. The SMILES string of the molecule is COc1ccc(-c2ccccc2-c2ccccc2Pc2ccccc2)c(-c2ccccc2Pc2ccccc2)c1OC. The zero-order valence-corrected chi connectivity index (χ0v) is 25.7. The number of benzene rings is 6. The van der Waals surface area contributed by atoms with E-state index in [1.807, 2.05) is 6.07 Å². The van der Waals surface area contributed by atoms with Crippen molar-refractivity contribution in [3.8, 4) is 44.9 Å². The molecule has 0 aliphatic heterocycles. The van der Waals surface area contributed by atoms with Crippen molar-refractivity contribution in [1.29, 1.82) is 0 Å². The third-order valence-electron chi connectivity index (χ3n) is 7.28. The number of hydrogen-bond acceptors (Lipinski definition) is 2. The van der Waals surface area contributed by atoms with E-state index >= 15 is 0 Å². The summed E-state index contributed by atoms with van der Waals surface area (Å²) in [5.41, 5.74) is 6.93. The maximum Gasteiger partial charge on any atom is 0.169 e. The third kappa shape index (κ3) is 5.88. The summed E-state index contributed by atoms with van der Waals surface area (Å²) in [6.07, 6.45) is 0. The van der Waals surface area contributed by atoms with Gasteiger partial charge in [0, 0.05) is 5.56 Å². The van der Waals surface area contributed by atoms with E-state index in [-0.39, 0.29) is 0 Å². The highest BCUT2D eigenvalue weighted by molar-refractivity contribution is 7.56. The smallest absolute Gasteiger partial charge is 0.169 e. The first-order valence-electron chi connectivity index (χ1n) is 13.9. The lowest BCUT2D eigenvalue weighted by atomic mass is 9.88. The molecule has 2 atom stereocenters. The maximum atomic E-state index is 6.12. The van der Waals surface area contributed by atoms with Crippen molar-refractivity contribution in [3.63, 3.8) is 0 Å². The molecule has 42 heavy (non-hydrogen) atoms. The Morgan fingerprint density at radius 3 is 1.38 bits per heavy atom. The van der Waals surface area contributed by atoms with Gasteiger partial charge in [-0.3, -0.25) is 0 Å². The Bertz CT molecular complexity index is 1800. The summed E-state index contributed by atoms with van der Waals surface area (Å²) >= 11 is 0. The van der Waals surface area contributed by atoms with Gasteiger partial charge in [0.25, 0.3) is 0 Å². The third-order valence-corrected chi connectivity index (χ3v) is 9.94. The molecule has 0 N–H and O–H groups in total. The molecule has 206 valence electrons. The summed E-state index contributed by atoms with van der Waals surface area (Å²) < 4.78 is 11.9. The highest BCUT2D eigenvalue weighted by Crippen LogP contribution is 2.47. The van der Waals surface area contributed by atoms with E-state index in [0.717, 1.165) is 33.8 Å². The van der Waals surface area contributed by atoms with E-state index in [2.05, 4.69) is 140 Å². The summed E-state index contributed by atoms with van der Waals surface area (Å²) in [5.74, 6) is 1.46. The quantitative estimate of drug-likeness (QED) is 0.161. The van der Waals surface area contributed by atoms with Gasteiger partial charge in [-0.15, -0.1) is 0 Å². The summed E-state index contributed by atoms with van der Waals surface area (Å²) in [6, 6.07) is 51.7. The van der Waals surface area contributed by atoms with Gasteiger partial charge in [0.15, 0.2) is 11.5 Å². The lowest BCUT2D eigenvalue weighted by Crippen LogP contribution is -2.08. The lowest BCUT2D eigenvalue weighted by molar-refractivity contribution is 0.356. The van der Waals surface area contributed by atoms with E-state index < -0.39 is 0 Å². The highest BCUT2D eigenvalue weighted by atomic mass is 31.1. The van der Waals surface area contributed by atoms with Gasteiger partial charge in [0.1, 0.15) is 0 Å². The van der Waals surface area contributed by atoms with Crippen LogP contribution in [0.25, 0.3) is 33.4 Å². The molecule has 0 saturated heterocycles. The molecule has 6 aromatic rings. The molecule has 0 aliphatic carbocycles. The van der Waals surface area contributed by atoms with Gasteiger partial charge in [-0.05, 0) is 61.2 Å². The summed E-state index contributed by atoms with van der Waals surface area (Å²) in [4.78, 5) is 0. The van der Waals surface area contributed by atoms with E-state index in [0.29, 0.717) is 17.2 Å². The Morgan fingerprint density at radius 1 is 0.381 bits per heavy atom. The van der Waals surface area contributed by atoms with Crippen molar-refractivity contribution < 1.29 is 9.47 Å². The van der Waals surface area contributed by atoms with Gasteiger partial charge in [-0.25, -0.2) is 0 Å². The van der Waals surface area contributed by atoms with Crippen LogP contribution in [0.4, 0.5) is 0 Å². The van der Waals surface area contributed by atoms with Crippen molar-refractivity contribution in [1.82, 2.24) is 0 Å². The van der Waals surface area contributed by atoms with Crippen LogP contribution < -0.4 is 30.7 Å². The largest absolute Gasteiger partial charge is 0.493 e. The molecule has 0 saturated carbocycles. The molecule has 0 fully saturated rings. The average molecular weight is 583 g/mol. The topological polar surface area (TPSA) is 18.5 Å². The number of ether oxygens (including phenoxy) is 2. The van der Waals surface area contributed by atoms with E-state index in [4.69, 9.17) is 9.47 Å². The fourth-order valence-electron chi connectivity index (χ4n) is 5.36. The summed E-state index contributed by atoms with van der Waals surface area (Å²) in [7, 11) is 4.50. The van der Waals surface area contributed by atoms with Gasteiger partial charge in [-0.2, -0.15) is 0 Å². The van der Waals surface area contributed by atoms with Gasteiger partial charge in [-0.1, -0.05) is 151 Å². The molecule has 0 aromatic heterocycles. The summed E-state index contributed by atoms with van der Waals surface area (Å²) in [6.45, 7) is 0. The predicted octanol–water partition coefficient (Wildman–Crippen LogP) is 7.96. The highest BCUT2D eigenvalue weighted by Gasteiger charge is 2.22. The van der Waals surface area contributed by atoms with E-state index in [1.54, 1.807) is 14.2 Å². The van der Waals surface area contributed by atoms with Gasteiger partial charge in [0.05, 0.1) is 14.2 Å². The van der Waals surface area contributed by atoms with Crippen LogP contribution in [0.1, 0.15) is 0 Å². The number of hydrogen-bond donors (Lipinski definition) is 0. The van der Waals surface area contributed by atoms with Crippen molar-refractivity contribution >= 4 is 38.4 Å². The molecular formula is C38H32O2P2. The average Bonchev–Trinajstić information content (AvgIpc) is 3.05. The molecule has 0 bridgehead atoms. The molecule has 0 spiro atoms. The standard InChI is InChI=1S/C38H32O2P2/c1-39-34-26-25-32(37(38(34)40-2)33-22-12-14-24-36(33)42-28-17-7-4-8-18-28)30-20-10-9-19-29(30)31-21-11-13-23-35(31)41-27-15-5-3-6-16-27/h3-26,41-42H,1-2H3. The Hall–Kier alpha value is -4.22. The van der Waals surface area contributed by atoms with Crippen molar-refractivity contribution in [2.75, 3.05) is 14.2 Å². The molecule has 4 heteroatoms. The van der Waals surface area contributed by atoms with Crippen LogP contribution >= 0.6 is 17.2 Å². The fraction of sp³-hybridized carbons (Fsp3) is 0.0526. The van der Waals surface area contributed by atoms with Crippen LogP contribution in [0.2, 0.25) is 0 Å². The molecule has 2 unspecified atom stereocenters. The fourth-order valence-corrected chi connectivity index (χ4v) is 7.76. The molecule has 0 aliphatic rings. The molecule has 6 rings (SSSR count). The molecule has 0 amide bonds. The van der Waals surface area contributed by atoms with Crippen LogP contribution in [0.15, 0.2) is 146 Å². The summed E-state index contributed by atoms with van der Waals surface area (Å²) in [5, 5.41) is 5.21. The minimum Gasteiger partial charge on any atom is -0.493 e. The molecule has 0 radical (unpaired) electrons. The van der Waals surface area contributed by atoms with Gasteiger partial charge >= 0.3 is 0 Å². The Morgan fingerprint density at radius 2 is 0.833 bits per heavy atom. The van der Waals surface area contributed by atoms with E-state index in [1.165, 1.54) is 32.3 Å². The first-order valence-corrected chi connectivity index (χ1v) is 15.9. The lowest BCUT2D eigenvalue weighted by Gasteiger charge is -2.22. The van der Waals surface area contributed by atoms with Crippen LogP contribution in [0.5, 0.6) is 11.5 Å². The first kappa shape index (κ1) is 27.9. The second-order valence-corrected chi connectivity index (χ2v) is 12.6. The Balaban J connectivity index is 1.56. The molecule has 0 heterocycles. The zero-order valence-electron chi connectivity index (χ0n) is 23.7. The minimum absolute atomic E-state index is 0.507. The van der Waals surface area contributed by atoms with Crippen LogP contribution in [0.3, 0.4) is 0 Å². The second-order valence-electron chi connectivity index (χ2n) is 9.84. The Labute approximate surface area is 252 Å². The first-order chi connectivity index (χ1) is 20.8. The molecular weight excluding hydrogens is 550 g/mol. The maximum absolute atomic E-state index is 6.12. The van der Waals surface area contributed by atoms with Gasteiger partial charge in [0.2, 0.25) is 0 Å².